The van der Waals surface area contributed by atoms with Crippen LogP contribution in [0, 0.1) is 10.8 Å². The van der Waals surface area contributed by atoms with E-state index >= 15 is 0 Å². The molecule has 8 nitrogen and oxygen atoms in total. The van der Waals surface area contributed by atoms with Crippen LogP contribution >= 0.6 is 0 Å². The molecule has 0 aromatic carbocycles. The molecule has 1 heterocycles. The van der Waals surface area contributed by atoms with Crippen molar-refractivity contribution in [3.05, 3.63) is 0 Å². The molecule has 1 rings (SSSR count). The third-order valence-corrected chi connectivity index (χ3v) is 3.51. The third kappa shape index (κ3) is 5.14. The fourth-order valence-electron chi connectivity index (χ4n) is 1.86. The van der Waals surface area contributed by atoms with Crippen LogP contribution in [0.5, 0.6) is 0 Å². The number of rotatable bonds is 3. The molecule has 0 amide bonds. The van der Waals surface area contributed by atoms with Gasteiger partial charge in [-0.15, -0.1) is 0 Å². The Balaban J connectivity index is 2.70. The number of carbonyl (C=O) groups is 2. The molecule has 140 valence electrons. The standard InChI is InChI=1S/C16H28O8/c1-15(2,3)13(20)22-7-8-9(17)10(18)11(12(19)23-8)24-14(21)16(4,5)6/h8-12,17-19H,7H2,1-6H3/t8?,9-,10?,11?,12+/m1/s1. The predicted octanol–water partition coefficient (Wildman–Crippen LogP) is -0.0274. The Hall–Kier alpha value is -1.22. The van der Waals surface area contributed by atoms with Gasteiger partial charge in [0.1, 0.15) is 24.9 Å². The van der Waals surface area contributed by atoms with Crippen molar-refractivity contribution < 1.29 is 39.1 Å². The highest BCUT2D eigenvalue weighted by Crippen LogP contribution is 2.26. The molecule has 0 saturated carbocycles. The van der Waals surface area contributed by atoms with Crippen LogP contribution in [0.4, 0.5) is 0 Å². The summed E-state index contributed by atoms with van der Waals surface area (Å²) in [7, 11) is 0. The summed E-state index contributed by atoms with van der Waals surface area (Å²) >= 11 is 0. The number of esters is 2. The lowest BCUT2D eigenvalue weighted by atomic mass is 9.95. The molecule has 1 aliphatic rings. The smallest absolute Gasteiger partial charge is 0.311 e. The SMILES string of the molecule is CC(C)(C)C(=O)OCC1O[C@H](O)C(OC(=O)C(C)(C)C)C(O)[C@@H]1O. The van der Waals surface area contributed by atoms with Crippen molar-refractivity contribution in [1.29, 1.82) is 0 Å². The number of hydrogen-bond acceptors (Lipinski definition) is 8. The van der Waals surface area contributed by atoms with Crippen LogP contribution in [-0.4, -0.2) is 64.6 Å². The lowest BCUT2D eigenvalue weighted by Crippen LogP contribution is -2.60. The van der Waals surface area contributed by atoms with E-state index in [-0.39, 0.29) is 6.61 Å². The van der Waals surface area contributed by atoms with Crippen molar-refractivity contribution in [3.8, 4) is 0 Å². The Labute approximate surface area is 141 Å². The second-order valence-corrected chi connectivity index (χ2v) is 8.01. The lowest BCUT2D eigenvalue weighted by Gasteiger charge is -2.40. The first-order chi connectivity index (χ1) is 10.7. The molecule has 1 aliphatic heterocycles. The van der Waals surface area contributed by atoms with E-state index in [0.717, 1.165) is 0 Å². The highest BCUT2D eigenvalue weighted by molar-refractivity contribution is 5.76. The third-order valence-electron chi connectivity index (χ3n) is 3.51. The highest BCUT2D eigenvalue weighted by Gasteiger charge is 2.47. The van der Waals surface area contributed by atoms with E-state index in [1.807, 2.05) is 0 Å². The van der Waals surface area contributed by atoms with E-state index < -0.39 is 53.5 Å². The molecular formula is C16H28O8. The van der Waals surface area contributed by atoms with Gasteiger partial charge in [0.25, 0.3) is 0 Å². The van der Waals surface area contributed by atoms with Crippen LogP contribution in [0.15, 0.2) is 0 Å². The average molecular weight is 348 g/mol. The number of hydrogen-bond donors (Lipinski definition) is 3. The minimum atomic E-state index is -1.65. The first kappa shape index (κ1) is 20.8. The summed E-state index contributed by atoms with van der Waals surface area (Å²) in [6, 6.07) is 0. The fourth-order valence-corrected chi connectivity index (χ4v) is 1.86. The molecule has 24 heavy (non-hydrogen) atoms. The van der Waals surface area contributed by atoms with Crippen molar-refractivity contribution in [2.45, 2.75) is 72.2 Å². The molecule has 8 heteroatoms. The van der Waals surface area contributed by atoms with E-state index in [2.05, 4.69) is 0 Å². The number of aliphatic hydroxyl groups excluding tert-OH is 3. The van der Waals surface area contributed by atoms with Crippen molar-refractivity contribution in [2.24, 2.45) is 10.8 Å². The fraction of sp³-hybridized carbons (Fsp3) is 0.875. The Kier molecular flexibility index (Phi) is 6.37. The number of aliphatic hydroxyl groups is 3. The molecule has 0 bridgehead atoms. The van der Waals surface area contributed by atoms with Crippen LogP contribution in [0.25, 0.3) is 0 Å². The predicted molar refractivity (Wildman–Crippen MR) is 82.6 cm³/mol. The molecule has 1 fully saturated rings. The van der Waals surface area contributed by atoms with Gasteiger partial charge in [-0.2, -0.15) is 0 Å². The Morgan fingerprint density at radius 3 is 1.88 bits per heavy atom. The van der Waals surface area contributed by atoms with E-state index in [9.17, 15) is 24.9 Å². The second-order valence-electron chi connectivity index (χ2n) is 8.01. The first-order valence-corrected chi connectivity index (χ1v) is 7.83. The zero-order valence-electron chi connectivity index (χ0n) is 15.0. The maximum atomic E-state index is 11.9. The highest BCUT2D eigenvalue weighted by atomic mass is 16.7. The van der Waals surface area contributed by atoms with Gasteiger partial charge in [-0.1, -0.05) is 0 Å². The average Bonchev–Trinajstić information content (AvgIpc) is 2.43. The zero-order valence-corrected chi connectivity index (χ0v) is 15.0. The maximum absolute atomic E-state index is 11.9. The molecule has 5 atom stereocenters. The quantitative estimate of drug-likeness (QED) is 0.608. The Morgan fingerprint density at radius 2 is 1.42 bits per heavy atom. The molecule has 3 unspecified atom stereocenters. The summed E-state index contributed by atoms with van der Waals surface area (Å²) in [6.07, 6.45) is -7.27. The summed E-state index contributed by atoms with van der Waals surface area (Å²) in [5, 5.41) is 30.2. The van der Waals surface area contributed by atoms with Crippen molar-refractivity contribution >= 4 is 11.9 Å². The number of carbonyl (C=O) groups excluding carboxylic acids is 2. The molecule has 0 radical (unpaired) electrons. The van der Waals surface area contributed by atoms with Gasteiger partial charge in [-0.3, -0.25) is 9.59 Å². The summed E-state index contributed by atoms with van der Waals surface area (Å²) in [6.45, 7) is 9.50. The number of ether oxygens (including phenoxy) is 3. The van der Waals surface area contributed by atoms with Crippen molar-refractivity contribution in [3.63, 3.8) is 0 Å². The molecule has 1 saturated heterocycles. The van der Waals surface area contributed by atoms with Crippen LogP contribution < -0.4 is 0 Å². The van der Waals surface area contributed by atoms with Crippen molar-refractivity contribution in [2.75, 3.05) is 6.61 Å². The van der Waals surface area contributed by atoms with E-state index in [0.29, 0.717) is 0 Å². The lowest BCUT2D eigenvalue weighted by molar-refractivity contribution is -0.293. The Bertz CT molecular complexity index is 460. The molecule has 3 N–H and O–H groups in total. The van der Waals surface area contributed by atoms with Gasteiger partial charge in [0, 0.05) is 0 Å². The minimum Gasteiger partial charge on any atom is -0.462 e. The summed E-state index contributed by atoms with van der Waals surface area (Å²) in [5.74, 6) is -1.16. The first-order valence-electron chi connectivity index (χ1n) is 7.83. The molecule has 0 aliphatic carbocycles. The summed E-state index contributed by atoms with van der Waals surface area (Å²) < 4.78 is 15.2. The van der Waals surface area contributed by atoms with Gasteiger partial charge < -0.3 is 29.5 Å². The van der Waals surface area contributed by atoms with Crippen LogP contribution in [0.2, 0.25) is 0 Å². The van der Waals surface area contributed by atoms with Crippen molar-refractivity contribution in [1.82, 2.24) is 0 Å². The monoisotopic (exact) mass is 348 g/mol. The largest absolute Gasteiger partial charge is 0.462 e. The van der Waals surface area contributed by atoms with Gasteiger partial charge in [0.05, 0.1) is 10.8 Å². The van der Waals surface area contributed by atoms with Gasteiger partial charge in [-0.25, -0.2) is 0 Å². The van der Waals surface area contributed by atoms with E-state index in [1.54, 1.807) is 41.5 Å². The normalized spacial score (nSPS) is 31.5. The van der Waals surface area contributed by atoms with Gasteiger partial charge in [0.2, 0.25) is 0 Å². The summed E-state index contributed by atoms with van der Waals surface area (Å²) in [4.78, 5) is 23.6. The zero-order chi connectivity index (χ0) is 18.9. The van der Waals surface area contributed by atoms with Gasteiger partial charge >= 0.3 is 11.9 Å². The Morgan fingerprint density at radius 1 is 0.917 bits per heavy atom. The maximum Gasteiger partial charge on any atom is 0.311 e. The second kappa shape index (κ2) is 7.35. The van der Waals surface area contributed by atoms with Crippen LogP contribution in [0.1, 0.15) is 41.5 Å². The van der Waals surface area contributed by atoms with E-state index in [1.165, 1.54) is 0 Å². The van der Waals surface area contributed by atoms with Crippen LogP contribution in [0.3, 0.4) is 0 Å². The molecule has 0 spiro atoms. The topological polar surface area (TPSA) is 123 Å². The minimum absolute atomic E-state index is 0.342. The van der Waals surface area contributed by atoms with Crippen LogP contribution in [-0.2, 0) is 23.8 Å². The van der Waals surface area contributed by atoms with Gasteiger partial charge in [0.15, 0.2) is 12.4 Å². The molecule has 0 aromatic rings. The molecular weight excluding hydrogens is 320 g/mol. The summed E-state index contributed by atoms with van der Waals surface area (Å²) in [5.41, 5.74) is -1.58. The molecule has 0 aromatic heterocycles. The van der Waals surface area contributed by atoms with Gasteiger partial charge in [-0.05, 0) is 41.5 Å². The van der Waals surface area contributed by atoms with E-state index in [4.69, 9.17) is 14.2 Å².